The van der Waals surface area contributed by atoms with Crippen molar-refractivity contribution in [3.63, 3.8) is 0 Å². The Morgan fingerprint density at radius 1 is 1.13 bits per heavy atom. The molecule has 11 atom stereocenters. The van der Waals surface area contributed by atoms with Gasteiger partial charge in [0.25, 0.3) is 0 Å². The predicted molar refractivity (Wildman–Crippen MR) is 114 cm³/mol. The number of rotatable bonds is 6. The molecule has 3 aliphatic rings. The average Bonchev–Trinajstić information content (AvgIpc) is 2.71. The van der Waals surface area contributed by atoms with Crippen LogP contribution in [0.3, 0.4) is 0 Å². The maximum atomic E-state index is 11.1. The Morgan fingerprint density at radius 2 is 1.77 bits per heavy atom. The Bertz CT molecular complexity index is 637. The lowest BCUT2D eigenvalue weighted by atomic mass is 9.83. The highest BCUT2D eigenvalue weighted by Crippen LogP contribution is 2.31. The van der Waals surface area contributed by atoms with Crippen LogP contribution in [0.15, 0.2) is 11.6 Å². The number of nitrogens with two attached hydrogens (primary N) is 4. The van der Waals surface area contributed by atoms with Gasteiger partial charge in [-0.2, -0.15) is 0 Å². The summed E-state index contributed by atoms with van der Waals surface area (Å²) in [7, 11) is 1.63. The van der Waals surface area contributed by atoms with E-state index in [2.05, 4.69) is 5.32 Å². The molecule has 0 amide bonds. The second-order valence-electron chi connectivity index (χ2n) is 9.26. The maximum absolute atomic E-state index is 11.1. The third-order valence-electron chi connectivity index (χ3n) is 6.71. The van der Waals surface area contributed by atoms with E-state index in [1.165, 1.54) is 0 Å². The number of aliphatic hydroxyl groups is 3. The lowest BCUT2D eigenvalue weighted by molar-refractivity contribution is -0.299. The summed E-state index contributed by atoms with van der Waals surface area (Å²) in [4.78, 5) is 0. The van der Waals surface area contributed by atoms with Gasteiger partial charge in [0.2, 0.25) is 0 Å². The van der Waals surface area contributed by atoms with Crippen molar-refractivity contribution in [3.8, 4) is 0 Å². The summed E-state index contributed by atoms with van der Waals surface area (Å²) >= 11 is 0. The van der Waals surface area contributed by atoms with E-state index in [1.54, 1.807) is 14.0 Å². The molecule has 0 spiro atoms. The van der Waals surface area contributed by atoms with Gasteiger partial charge in [-0.15, -0.1) is 0 Å². The molecule has 11 nitrogen and oxygen atoms in total. The lowest BCUT2D eigenvalue weighted by Gasteiger charge is -2.48. The predicted octanol–water partition coefficient (Wildman–Crippen LogP) is -3.39. The van der Waals surface area contributed by atoms with Crippen LogP contribution >= 0.6 is 0 Å². The van der Waals surface area contributed by atoms with Crippen LogP contribution in [0.5, 0.6) is 0 Å². The van der Waals surface area contributed by atoms with Crippen LogP contribution < -0.4 is 28.3 Å². The summed E-state index contributed by atoms with van der Waals surface area (Å²) in [5.41, 5.74) is 24.3. The Morgan fingerprint density at radius 3 is 2.39 bits per heavy atom. The van der Waals surface area contributed by atoms with E-state index in [9.17, 15) is 15.3 Å². The van der Waals surface area contributed by atoms with Crippen LogP contribution in [-0.2, 0) is 14.2 Å². The number of likely N-dealkylation sites (N-methyl/N-ethyl adjacent to an activating group) is 1. The van der Waals surface area contributed by atoms with Crippen molar-refractivity contribution >= 4 is 0 Å². The maximum Gasteiger partial charge on any atom is 0.185 e. The molecular formula is C20H39N5O6. The molecule has 1 heterocycles. The fraction of sp³-hybridized carbons (Fsp3) is 0.900. The van der Waals surface area contributed by atoms with E-state index < -0.39 is 54.4 Å². The minimum Gasteiger partial charge on any atom is -0.388 e. The van der Waals surface area contributed by atoms with Gasteiger partial charge in [0, 0.05) is 24.7 Å². The molecule has 1 saturated heterocycles. The van der Waals surface area contributed by atoms with Crippen LogP contribution in [0.4, 0.5) is 0 Å². The van der Waals surface area contributed by atoms with Gasteiger partial charge in [-0.1, -0.05) is 11.6 Å². The van der Waals surface area contributed by atoms with Gasteiger partial charge in [0.05, 0.1) is 18.8 Å². The third kappa shape index (κ3) is 5.28. The van der Waals surface area contributed by atoms with Crippen molar-refractivity contribution in [2.45, 2.75) is 92.8 Å². The first-order valence-electron chi connectivity index (χ1n) is 10.9. The quantitative estimate of drug-likeness (QED) is 0.189. The van der Waals surface area contributed by atoms with E-state index in [4.69, 9.17) is 37.1 Å². The minimum atomic E-state index is -1.28. The van der Waals surface area contributed by atoms with Crippen molar-refractivity contribution in [2.75, 3.05) is 20.2 Å². The van der Waals surface area contributed by atoms with Crippen molar-refractivity contribution in [1.82, 2.24) is 5.32 Å². The topological polar surface area (TPSA) is 204 Å². The molecule has 1 unspecified atom stereocenters. The highest BCUT2D eigenvalue weighted by atomic mass is 16.7. The van der Waals surface area contributed by atoms with Crippen LogP contribution in [-0.4, -0.2) is 102 Å². The molecule has 0 bridgehead atoms. The number of hydrogen-bond donors (Lipinski definition) is 8. The van der Waals surface area contributed by atoms with E-state index in [-0.39, 0.29) is 18.8 Å². The van der Waals surface area contributed by atoms with Crippen LogP contribution in [0.2, 0.25) is 0 Å². The fourth-order valence-electron chi connectivity index (χ4n) is 4.82. The van der Waals surface area contributed by atoms with Crippen molar-refractivity contribution in [3.05, 3.63) is 11.6 Å². The minimum absolute atomic E-state index is 0.0527. The van der Waals surface area contributed by atoms with Crippen LogP contribution in [0.1, 0.15) is 26.2 Å². The van der Waals surface area contributed by atoms with E-state index in [0.717, 1.165) is 5.57 Å². The van der Waals surface area contributed by atoms with Gasteiger partial charge < -0.3 is 57.8 Å². The monoisotopic (exact) mass is 445 g/mol. The third-order valence-corrected chi connectivity index (χ3v) is 6.71. The second kappa shape index (κ2) is 10.1. The molecule has 3 rings (SSSR count). The summed E-state index contributed by atoms with van der Waals surface area (Å²) in [6.07, 6.45) is -1.77. The molecule has 1 saturated carbocycles. The molecular weight excluding hydrogens is 406 g/mol. The second-order valence-corrected chi connectivity index (χ2v) is 9.26. The Hall–Kier alpha value is -0.700. The molecule has 0 radical (unpaired) electrons. The van der Waals surface area contributed by atoms with Gasteiger partial charge >= 0.3 is 0 Å². The highest BCUT2D eigenvalue weighted by Gasteiger charge is 2.50. The Kier molecular flexibility index (Phi) is 8.09. The van der Waals surface area contributed by atoms with Gasteiger partial charge in [0.1, 0.15) is 30.0 Å². The summed E-state index contributed by atoms with van der Waals surface area (Å²) < 4.78 is 17.7. The smallest absolute Gasteiger partial charge is 0.185 e. The molecule has 1 aliphatic heterocycles. The lowest BCUT2D eigenvalue weighted by Crippen LogP contribution is -2.68. The zero-order valence-electron chi connectivity index (χ0n) is 18.3. The van der Waals surface area contributed by atoms with E-state index in [0.29, 0.717) is 25.8 Å². The number of hydrogen-bond acceptors (Lipinski definition) is 11. The first kappa shape index (κ1) is 24.9. The largest absolute Gasteiger partial charge is 0.388 e. The van der Waals surface area contributed by atoms with E-state index >= 15 is 0 Å². The van der Waals surface area contributed by atoms with Crippen LogP contribution in [0, 0.1) is 0 Å². The van der Waals surface area contributed by atoms with Gasteiger partial charge in [-0.25, -0.2) is 0 Å². The average molecular weight is 446 g/mol. The normalized spacial score (nSPS) is 49.0. The van der Waals surface area contributed by atoms with Crippen LogP contribution in [0.25, 0.3) is 0 Å². The summed E-state index contributed by atoms with van der Waals surface area (Å²) in [6, 6.07) is -2.01. The van der Waals surface area contributed by atoms with Crippen molar-refractivity contribution in [1.29, 1.82) is 0 Å². The Labute approximate surface area is 183 Å². The highest BCUT2D eigenvalue weighted by molar-refractivity contribution is 5.12. The fourth-order valence-corrected chi connectivity index (χ4v) is 4.82. The number of nitrogens with one attached hydrogen (secondary N) is 1. The molecule has 11 heteroatoms. The number of ether oxygens (including phenoxy) is 3. The SMILES string of the molecule is CN[C@@H]1[C@@H](O)[C@H](O[C@H]2[C@H](O)[C@@H](O[C@H]3CC(CN)=CCC3N)[C@H](N)C[C@H]2N)OC[C@]1(C)O. The van der Waals surface area contributed by atoms with Crippen molar-refractivity contribution < 1.29 is 29.5 Å². The van der Waals surface area contributed by atoms with Gasteiger partial charge in [-0.05, 0) is 33.2 Å². The molecule has 12 N–H and O–H groups in total. The van der Waals surface area contributed by atoms with Gasteiger partial charge in [0.15, 0.2) is 6.29 Å². The molecule has 2 aliphatic carbocycles. The first-order chi connectivity index (χ1) is 14.6. The first-order valence-corrected chi connectivity index (χ1v) is 10.9. The standard InChI is InChI=1S/C20H39N5O6/c1-20(28)8-29-19(15(27)18(20)25-2)31-17-12(24)6-11(23)16(14(17)26)30-13-5-9(7-21)3-4-10(13)22/h3,10-19,25-28H,4-8,21-24H2,1-2H3/t10?,11-,12-,13+,14-,15-,16+,17-,18-,19+,20+/m1/s1. The Balaban J connectivity index is 1.69. The summed E-state index contributed by atoms with van der Waals surface area (Å²) in [5, 5.41) is 35.0. The zero-order chi connectivity index (χ0) is 22.9. The summed E-state index contributed by atoms with van der Waals surface area (Å²) in [6.45, 7) is 1.94. The molecule has 31 heavy (non-hydrogen) atoms. The van der Waals surface area contributed by atoms with Gasteiger partial charge in [-0.3, -0.25) is 0 Å². The number of aliphatic hydroxyl groups excluding tert-OH is 2. The summed E-state index contributed by atoms with van der Waals surface area (Å²) in [5.74, 6) is 0. The molecule has 0 aromatic heterocycles. The zero-order valence-corrected chi connectivity index (χ0v) is 18.3. The molecule has 2 fully saturated rings. The molecule has 0 aromatic carbocycles. The molecule has 180 valence electrons. The molecule has 0 aromatic rings. The van der Waals surface area contributed by atoms with Crippen molar-refractivity contribution in [2.24, 2.45) is 22.9 Å². The van der Waals surface area contributed by atoms with E-state index in [1.807, 2.05) is 6.08 Å².